The van der Waals surface area contributed by atoms with Gasteiger partial charge in [0.1, 0.15) is 10.8 Å². The molecule has 0 saturated heterocycles. The molecule has 0 bridgehead atoms. The Labute approximate surface area is 144 Å². The van der Waals surface area contributed by atoms with Gasteiger partial charge in [-0.25, -0.2) is 4.98 Å². The predicted molar refractivity (Wildman–Crippen MR) is 91.3 cm³/mol. The zero-order valence-electron chi connectivity index (χ0n) is 12.9. The summed E-state index contributed by atoms with van der Waals surface area (Å²) >= 11 is 7.29. The van der Waals surface area contributed by atoms with Crippen LogP contribution >= 0.6 is 22.9 Å². The summed E-state index contributed by atoms with van der Waals surface area (Å²) in [6.07, 6.45) is 2.25. The third-order valence-electron chi connectivity index (χ3n) is 3.83. The highest BCUT2D eigenvalue weighted by molar-refractivity contribution is 7.15. The smallest absolute Gasteiger partial charge is 0.309 e. The molecule has 0 fully saturated rings. The third kappa shape index (κ3) is 3.67. The monoisotopic (exact) mass is 351 g/mol. The largest absolute Gasteiger partial charge is 0.494 e. The number of hydrogen-bond acceptors (Lipinski definition) is 5. The lowest BCUT2D eigenvalue weighted by atomic mass is 10.1. The molecule has 0 amide bonds. The third-order valence-corrected chi connectivity index (χ3v) is 5.27. The van der Waals surface area contributed by atoms with Gasteiger partial charge in [0.15, 0.2) is 0 Å². The minimum atomic E-state index is -0.143. The molecule has 2 aromatic rings. The Morgan fingerprint density at radius 1 is 1.35 bits per heavy atom. The molecule has 0 aliphatic heterocycles. The summed E-state index contributed by atoms with van der Waals surface area (Å²) in [6.45, 7) is 0.628. The van der Waals surface area contributed by atoms with Crippen molar-refractivity contribution in [3.63, 3.8) is 0 Å². The van der Waals surface area contributed by atoms with Crippen LogP contribution in [0.5, 0.6) is 5.75 Å². The summed E-state index contributed by atoms with van der Waals surface area (Å²) in [5.74, 6) is 1.24. The van der Waals surface area contributed by atoms with E-state index in [9.17, 15) is 4.79 Å². The van der Waals surface area contributed by atoms with Crippen LogP contribution in [0.25, 0.3) is 10.6 Å². The molecule has 0 spiro atoms. The normalized spacial score (nSPS) is 16.2. The average Bonchev–Trinajstić information content (AvgIpc) is 3.14. The second-order valence-corrected chi connectivity index (χ2v) is 6.89. The number of carbonyl (C=O) groups excluding carboxylic acids is 1. The van der Waals surface area contributed by atoms with Gasteiger partial charge in [-0.1, -0.05) is 0 Å². The van der Waals surface area contributed by atoms with E-state index in [0.717, 1.165) is 34.9 Å². The molecule has 1 aromatic heterocycles. The van der Waals surface area contributed by atoms with Gasteiger partial charge in [-0.15, -0.1) is 22.9 Å². The molecule has 6 heteroatoms. The van der Waals surface area contributed by atoms with E-state index in [1.54, 1.807) is 11.3 Å². The molecule has 1 aliphatic carbocycles. The van der Waals surface area contributed by atoms with Crippen LogP contribution in [0, 0.1) is 5.92 Å². The van der Waals surface area contributed by atoms with Crippen molar-refractivity contribution in [1.29, 1.82) is 0 Å². The molecule has 122 valence electrons. The number of methoxy groups -OCH3 is 1. The molecule has 0 N–H and O–H groups in total. The molecule has 23 heavy (non-hydrogen) atoms. The van der Waals surface area contributed by atoms with Crippen LogP contribution in [0.15, 0.2) is 24.3 Å². The summed E-state index contributed by atoms with van der Waals surface area (Å²) in [5, 5.41) is 0.991. The van der Waals surface area contributed by atoms with E-state index in [0.29, 0.717) is 18.9 Å². The molecular weight excluding hydrogens is 334 g/mol. The van der Waals surface area contributed by atoms with Crippen LogP contribution in [0.4, 0.5) is 0 Å². The number of benzene rings is 1. The van der Waals surface area contributed by atoms with Gasteiger partial charge >= 0.3 is 5.97 Å². The van der Waals surface area contributed by atoms with Crippen LogP contribution in [-0.2, 0) is 22.4 Å². The molecule has 1 aliphatic rings. The van der Waals surface area contributed by atoms with Gasteiger partial charge in [0.25, 0.3) is 0 Å². The number of rotatable bonds is 6. The summed E-state index contributed by atoms with van der Waals surface area (Å²) in [4.78, 5) is 17.5. The molecule has 1 atom stereocenters. The predicted octanol–water partition coefficient (Wildman–Crippen LogP) is 3.71. The number of thiazole rings is 1. The Balaban J connectivity index is 1.67. The fourth-order valence-electron chi connectivity index (χ4n) is 2.63. The van der Waals surface area contributed by atoms with Crippen molar-refractivity contribution in [2.75, 3.05) is 19.6 Å². The first kappa shape index (κ1) is 16.3. The summed E-state index contributed by atoms with van der Waals surface area (Å²) in [7, 11) is 1.43. The molecule has 1 unspecified atom stereocenters. The highest BCUT2D eigenvalue weighted by Gasteiger charge is 2.31. The Morgan fingerprint density at radius 2 is 2.13 bits per heavy atom. The van der Waals surface area contributed by atoms with Crippen molar-refractivity contribution in [3.05, 3.63) is 34.8 Å². The first-order valence-corrected chi connectivity index (χ1v) is 8.92. The average molecular weight is 352 g/mol. The van der Waals surface area contributed by atoms with E-state index >= 15 is 0 Å². The van der Waals surface area contributed by atoms with Gasteiger partial charge in [-0.3, -0.25) is 4.79 Å². The van der Waals surface area contributed by atoms with Crippen molar-refractivity contribution in [1.82, 2.24) is 4.98 Å². The maximum atomic E-state index is 11.6. The van der Waals surface area contributed by atoms with E-state index in [4.69, 9.17) is 21.1 Å². The van der Waals surface area contributed by atoms with E-state index < -0.39 is 0 Å². The zero-order valence-corrected chi connectivity index (χ0v) is 14.5. The zero-order chi connectivity index (χ0) is 16.2. The van der Waals surface area contributed by atoms with Crippen molar-refractivity contribution >= 4 is 28.9 Å². The molecule has 0 saturated carbocycles. The van der Waals surface area contributed by atoms with Crippen LogP contribution < -0.4 is 4.74 Å². The number of halogens is 1. The number of fused-ring (bicyclic) bond motifs is 1. The SMILES string of the molecule is COC(=O)C1Cc2nc(-c3ccc(OCCCCl)cc3)sc2C1. The van der Waals surface area contributed by atoms with E-state index in [-0.39, 0.29) is 11.9 Å². The van der Waals surface area contributed by atoms with Crippen LogP contribution in [0.1, 0.15) is 17.0 Å². The van der Waals surface area contributed by atoms with Crippen molar-refractivity contribution in [2.24, 2.45) is 5.92 Å². The van der Waals surface area contributed by atoms with E-state index in [1.807, 2.05) is 24.3 Å². The minimum Gasteiger partial charge on any atom is -0.494 e. The van der Waals surface area contributed by atoms with Crippen LogP contribution in [0.3, 0.4) is 0 Å². The maximum Gasteiger partial charge on any atom is 0.309 e. The standard InChI is InChI=1S/C17H18ClNO3S/c1-21-17(20)12-9-14-15(10-12)23-16(19-14)11-3-5-13(6-4-11)22-8-2-7-18/h3-6,12H,2,7-10H2,1H3. The Hall–Kier alpha value is -1.59. The van der Waals surface area contributed by atoms with Crippen molar-refractivity contribution in [2.45, 2.75) is 19.3 Å². The van der Waals surface area contributed by atoms with Gasteiger partial charge < -0.3 is 9.47 Å². The van der Waals surface area contributed by atoms with Crippen molar-refractivity contribution < 1.29 is 14.3 Å². The quantitative estimate of drug-likeness (QED) is 0.452. The molecular formula is C17H18ClNO3S. The van der Waals surface area contributed by atoms with Gasteiger partial charge in [0.2, 0.25) is 0 Å². The number of ether oxygens (including phenoxy) is 2. The molecule has 3 rings (SSSR count). The highest BCUT2D eigenvalue weighted by atomic mass is 35.5. The lowest BCUT2D eigenvalue weighted by Crippen LogP contribution is -2.16. The number of hydrogen-bond donors (Lipinski definition) is 0. The number of carbonyl (C=O) groups is 1. The van der Waals surface area contributed by atoms with Gasteiger partial charge in [-0.05, 0) is 37.1 Å². The van der Waals surface area contributed by atoms with E-state index in [2.05, 4.69) is 4.98 Å². The molecule has 0 radical (unpaired) electrons. The fraction of sp³-hybridized carbons (Fsp3) is 0.412. The second-order valence-electron chi connectivity index (χ2n) is 5.43. The van der Waals surface area contributed by atoms with Crippen LogP contribution in [-0.4, -0.2) is 30.5 Å². The summed E-state index contributed by atoms with van der Waals surface area (Å²) in [6, 6.07) is 7.93. The number of nitrogens with zero attached hydrogens (tertiary/aromatic N) is 1. The number of esters is 1. The second kappa shape index (κ2) is 7.32. The lowest BCUT2D eigenvalue weighted by molar-refractivity contribution is -0.145. The number of aromatic nitrogens is 1. The Morgan fingerprint density at radius 3 is 2.78 bits per heavy atom. The minimum absolute atomic E-state index is 0.0690. The highest BCUT2D eigenvalue weighted by Crippen LogP contribution is 2.36. The Kier molecular flexibility index (Phi) is 5.18. The summed E-state index contributed by atoms with van der Waals surface area (Å²) < 4.78 is 10.4. The summed E-state index contributed by atoms with van der Waals surface area (Å²) in [5.41, 5.74) is 2.10. The molecule has 4 nitrogen and oxygen atoms in total. The topological polar surface area (TPSA) is 48.4 Å². The molecule has 1 heterocycles. The lowest BCUT2D eigenvalue weighted by Gasteiger charge is -2.06. The fourth-order valence-corrected chi connectivity index (χ4v) is 3.91. The van der Waals surface area contributed by atoms with Gasteiger partial charge in [0, 0.05) is 22.7 Å². The van der Waals surface area contributed by atoms with Gasteiger partial charge in [0.05, 0.1) is 25.3 Å². The Bertz CT molecular complexity index is 660. The van der Waals surface area contributed by atoms with Crippen LogP contribution in [0.2, 0.25) is 0 Å². The van der Waals surface area contributed by atoms with E-state index in [1.165, 1.54) is 12.0 Å². The first-order chi connectivity index (χ1) is 11.2. The van der Waals surface area contributed by atoms with Gasteiger partial charge in [-0.2, -0.15) is 0 Å². The number of alkyl halides is 1. The first-order valence-electron chi connectivity index (χ1n) is 7.57. The maximum absolute atomic E-state index is 11.6. The van der Waals surface area contributed by atoms with Crippen molar-refractivity contribution in [3.8, 4) is 16.3 Å². The molecule has 1 aromatic carbocycles.